The van der Waals surface area contributed by atoms with E-state index in [4.69, 9.17) is 0 Å². The second kappa shape index (κ2) is 3.18. The molecule has 1 fully saturated rings. The lowest BCUT2D eigenvalue weighted by Gasteiger charge is -2.36. The monoisotopic (exact) mass is 178 g/mol. The van der Waals surface area contributed by atoms with Crippen molar-refractivity contribution in [2.24, 2.45) is 0 Å². The van der Waals surface area contributed by atoms with Gasteiger partial charge in [-0.1, -0.05) is 6.58 Å². The summed E-state index contributed by atoms with van der Waals surface area (Å²) >= 11 is 0. The van der Waals surface area contributed by atoms with E-state index in [9.17, 15) is 13.6 Å². The van der Waals surface area contributed by atoms with Crippen LogP contribution in [-0.2, 0) is 14.3 Å². The van der Waals surface area contributed by atoms with Crippen molar-refractivity contribution in [3.8, 4) is 0 Å². The summed E-state index contributed by atoms with van der Waals surface area (Å²) in [5, 5.41) is 0. The maximum absolute atomic E-state index is 12.9. The van der Waals surface area contributed by atoms with Crippen LogP contribution in [0.1, 0.15) is 0 Å². The van der Waals surface area contributed by atoms with Crippen molar-refractivity contribution < 1.29 is 23.0 Å². The summed E-state index contributed by atoms with van der Waals surface area (Å²) in [5.41, 5.74) is 0. The number of hydrogen-bond acceptors (Lipinski definition) is 3. The number of carbonyl (C=O) groups excluding carboxylic acids is 1. The summed E-state index contributed by atoms with van der Waals surface area (Å²) in [7, 11) is 0. The molecule has 5 heteroatoms. The minimum absolute atomic E-state index is 0.290. The van der Waals surface area contributed by atoms with Gasteiger partial charge in [0.05, 0.1) is 6.61 Å². The summed E-state index contributed by atoms with van der Waals surface area (Å²) in [4.78, 5) is 10.4. The summed E-state index contributed by atoms with van der Waals surface area (Å²) in [5.74, 6) is -3.24. The molecule has 0 bridgehead atoms. The normalized spacial score (nSPS) is 33.7. The molecule has 0 spiro atoms. The standard InChI is InChI=1S/C7H8F2O3/c1-2-6(10)11-4-7(9)5(8)3-12-7/h2,5H,1,3-4H2. The van der Waals surface area contributed by atoms with Crippen LogP contribution in [0.3, 0.4) is 0 Å². The zero-order valence-corrected chi connectivity index (χ0v) is 6.26. The van der Waals surface area contributed by atoms with E-state index >= 15 is 0 Å². The molecule has 68 valence electrons. The van der Waals surface area contributed by atoms with Gasteiger partial charge in [-0.25, -0.2) is 13.6 Å². The summed E-state index contributed by atoms with van der Waals surface area (Å²) in [6.07, 6.45) is -0.843. The smallest absolute Gasteiger partial charge is 0.330 e. The van der Waals surface area contributed by atoms with Crippen molar-refractivity contribution in [3.63, 3.8) is 0 Å². The van der Waals surface area contributed by atoms with Crippen molar-refractivity contribution in [3.05, 3.63) is 12.7 Å². The minimum atomic E-state index is -2.45. The van der Waals surface area contributed by atoms with Gasteiger partial charge >= 0.3 is 5.97 Å². The van der Waals surface area contributed by atoms with E-state index in [0.29, 0.717) is 0 Å². The van der Waals surface area contributed by atoms with E-state index < -0.39 is 24.6 Å². The fraction of sp³-hybridized carbons (Fsp3) is 0.571. The Morgan fingerprint density at radius 2 is 2.58 bits per heavy atom. The average Bonchev–Trinajstić information content (AvgIpc) is 2.10. The molecular weight excluding hydrogens is 170 g/mol. The van der Waals surface area contributed by atoms with Crippen LogP contribution in [-0.4, -0.2) is 31.2 Å². The van der Waals surface area contributed by atoms with Crippen molar-refractivity contribution >= 4 is 5.97 Å². The Kier molecular flexibility index (Phi) is 2.42. The van der Waals surface area contributed by atoms with Gasteiger partial charge in [-0.3, -0.25) is 0 Å². The summed E-state index contributed by atoms with van der Waals surface area (Å²) in [6.45, 7) is 2.08. The van der Waals surface area contributed by atoms with Crippen LogP contribution in [0, 0.1) is 0 Å². The van der Waals surface area contributed by atoms with Gasteiger partial charge in [-0.05, 0) is 0 Å². The topological polar surface area (TPSA) is 35.5 Å². The van der Waals surface area contributed by atoms with Gasteiger partial charge in [-0.15, -0.1) is 0 Å². The van der Waals surface area contributed by atoms with E-state index in [1.54, 1.807) is 0 Å². The lowest BCUT2D eigenvalue weighted by molar-refractivity contribution is -0.299. The van der Waals surface area contributed by atoms with Crippen molar-refractivity contribution in [2.45, 2.75) is 12.0 Å². The molecule has 1 rings (SSSR count). The van der Waals surface area contributed by atoms with Gasteiger partial charge < -0.3 is 9.47 Å². The van der Waals surface area contributed by atoms with Gasteiger partial charge in [-0.2, -0.15) is 0 Å². The third-order valence-corrected chi connectivity index (χ3v) is 1.52. The highest BCUT2D eigenvalue weighted by molar-refractivity contribution is 5.81. The molecule has 1 aliphatic rings. The van der Waals surface area contributed by atoms with E-state index in [1.165, 1.54) is 0 Å². The molecule has 2 atom stereocenters. The first-order chi connectivity index (χ1) is 5.58. The van der Waals surface area contributed by atoms with Crippen LogP contribution in [0.5, 0.6) is 0 Å². The third kappa shape index (κ3) is 1.61. The van der Waals surface area contributed by atoms with Crippen LogP contribution in [0.4, 0.5) is 8.78 Å². The second-order valence-electron chi connectivity index (χ2n) is 2.38. The molecule has 0 saturated carbocycles. The number of carbonyl (C=O) groups is 1. The fourth-order valence-corrected chi connectivity index (χ4v) is 0.688. The number of esters is 1. The number of halogens is 2. The fourth-order valence-electron chi connectivity index (χ4n) is 0.688. The average molecular weight is 178 g/mol. The van der Waals surface area contributed by atoms with Gasteiger partial charge in [0, 0.05) is 6.08 Å². The van der Waals surface area contributed by atoms with Gasteiger partial charge in [0.1, 0.15) is 0 Å². The Labute approximate surface area is 68.0 Å². The van der Waals surface area contributed by atoms with Crippen LogP contribution in [0.25, 0.3) is 0 Å². The number of rotatable bonds is 3. The van der Waals surface area contributed by atoms with Crippen LogP contribution >= 0.6 is 0 Å². The molecule has 2 unspecified atom stereocenters. The van der Waals surface area contributed by atoms with Crippen molar-refractivity contribution in [2.75, 3.05) is 13.2 Å². The number of hydrogen-bond donors (Lipinski definition) is 0. The Morgan fingerprint density at radius 1 is 1.92 bits per heavy atom. The van der Waals surface area contributed by atoms with Crippen molar-refractivity contribution in [1.82, 2.24) is 0 Å². The SMILES string of the molecule is C=CC(=O)OCC1(F)OCC1F. The summed E-state index contributed by atoms with van der Waals surface area (Å²) in [6, 6.07) is 0. The first-order valence-electron chi connectivity index (χ1n) is 3.34. The Balaban J connectivity index is 2.31. The minimum Gasteiger partial charge on any atom is -0.456 e. The highest BCUT2D eigenvalue weighted by atomic mass is 19.2. The summed E-state index contributed by atoms with van der Waals surface area (Å²) < 4.78 is 33.8. The van der Waals surface area contributed by atoms with E-state index in [0.717, 1.165) is 6.08 Å². The van der Waals surface area contributed by atoms with Crippen LogP contribution in [0.15, 0.2) is 12.7 Å². The molecule has 1 aliphatic heterocycles. The molecule has 0 aromatic carbocycles. The zero-order valence-electron chi connectivity index (χ0n) is 6.26. The van der Waals surface area contributed by atoms with Gasteiger partial charge in [0.25, 0.3) is 5.85 Å². The van der Waals surface area contributed by atoms with Gasteiger partial charge in [0.2, 0.25) is 0 Å². The largest absolute Gasteiger partial charge is 0.456 e. The highest BCUT2D eigenvalue weighted by Gasteiger charge is 2.51. The molecule has 0 aromatic heterocycles. The predicted molar refractivity (Wildman–Crippen MR) is 35.8 cm³/mol. The molecule has 0 N–H and O–H groups in total. The molecule has 1 heterocycles. The first kappa shape index (κ1) is 9.12. The van der Waals surface area contributed by atoms with Crippen LogP contribution in [0.2, 0.25) is 0 Å². The van der Waals surface area contributed by atoms with E-state index in [2.05, 4.69) is 16.1 Å². The molecule has 1 saturated heterocycles. The molecule has 12 heavy (non-hydrogen) atoms. The van der Waals surface area contributed by atoms with E-state index in [-0.39, 0.29) is 6.61 Å². The van der Waals surface area contributed by atoms with Gasteiger partial charge in [0.15, 0.2) is 12.8 Å². The molecule has 0 amide bonds. The lowest BCUT2D eigenvalue weighted by atomic mass is 10.1. The Bertz CT molecular complexity index is 207. The zero-order chi connectivity index (χ0) is 9.19. The third-order valence-electron chi connectivity index (χ3n) is 1.52. The quantitative estimate of drug-likeness (QED) is 0.472. The van der Waals surface area contributed by atoms with Crippen LogP contribution < -0.4 is 0 Å². The van der Waals surface area contributed by atoms with E-state index in [1.807, 2.05) is 0 Å². The predicted octanol–water partition coefficient (Wildman–Crippen LogP) is 0.750. The number of alkyl halides is 2. The second-order valence-corrected chi connectivity index (χ2v) is 2.38. The molecule has 0 radical (unpaired) electrons. The number of ether oxygens (including phenoxy) is 2. The Hall–Kier alpha value is -0.970. The maximum atomic E-state index is 12.9. The molecule has 0 aromatic rings. The first-order valence-corrected chi connectivity index (χ1v) is 3.34. The molecular formula is C7H8F2O3. The van der Waals surface area contributed by atoms with Crippen molar-refractivity contribution in [1.29, 1.82) is 0 Å². The lowest BCUT2D eigenvalue weighted by Crippen LogP contribution is -2.55. The highest BCUT2D eigenvalue weighted by Crippen LogP contribution is 2.31. The Morgan fingerprint density at radius 3 is 2.92 bits per heavy atom. The maximum Gasteiger partial charge on any atom is 0.330 e. The molecule has 3 nitrogen and oxygen atoms in total. The molecule has 0 aliphatic carbocycles.